The lowest BCUT2D eigenvalue weighted by Crippen LogP contribution is -2.34. The number of nitro benzene ring substituents is 2. The highest BCUT2D eigenvalue weighted by atomic mass is 32.2. The van der Waals surface area contributed by atoms with Crippen molar-refractivity contribution in [2.24, 2.45) is 0 Å². The number of hydrogen-bond donors (Lipinski definition) is 0. The Labute approximate surface area is 138 Å². The second kappa shape index (κ2) is 7.96. The van der Waals surface area contributed by atoms with Crippen LogP contribution < -0.4 is 0 Å². The maximum absolute atomic E-state index is 12.6. The van der Waals surface area contributed by atoms with Crippen molar-refractivity contribution in [2.45, 2.75) is 17.2 Å². The highest BCUT2D eigenvalue weighted by Gasteiger charge is 2.42. The number of nitro groups is 2. The Morgan fingerprint density at radius 1 is 1.24 bits per heavy atom. The van der Waals surface area contributed by atoms with Gasteiger partial charge in [-0.2, -0.15) is 8.78 Å². The molecule has 1 aromatic rings. The Bertz CT molecular complexity index is 728. The van der Waals surface area contributed by atoms with E-state index in [4.69, 9.17) is 0 Å². The van der Waals surface area contributed by atoms with E-state index in [9.17, 15) is 46.8 Å². The molecule has 14 heteroatoms. The van der Waals surface area contributed by atoms with Crippen molar-refractivity contribution in [2.75, 3.05) is 12.4 Å². The summed E-state index contributed by atoms with van der Waals surface area (Å²) in [5, 5.41) is 21.4. The summed E-state index contributed by atoms with van der Waals surface area (Å²) >= 11 is 0. The number of carbonyl (C=O) groups excluding carboxylic acids is 1. The molecule has 0 aliphatic carbocycles. The fraction of sp³-hybridized carbons (Fsp3) is 0.364. The van der Waals surface area contributed by atoms with E-state index < -0.39 is 67.6 Å². The van der Waals surface area contributed by atoms with Gasteiger partial charge in [0.15, 0.2) is 6.61 Å². The van der Waals surface area contributed by atoms with Gasteiger partial charge in [0.2, 0.25) is 0 Å². The second-order valence-corrected chi connectivity index (χ2v) is 5.80. The summed E-state index contributed by atoms with van der Waals surface area (Å²) in [6, 6.07) is 2.05. The number of hydrogen-bond acceptors (Lipinski definition) is 7. The number of nitrogens with zero attached hydrogens (tertiary/aromatic N) is 2. The summed E-state index contributed by atoms with van der Waals surface area (Å²) < 4.78 is 64.8. The van der Waals surface area contributed by atoms with Gasteiger partial charge in [0.25, 0.3) is 11.4 Å². The van der Waals surface area contributed by atoms with Crippen molar-refractivity contribution in [3.63, 3.8) is 0 Å². The zero-order chi connectivity index (χ0) is 19.4. The third-order valence-corrected chi connectivity index (χ3v) is 3.92. The molecule has 0 radical (unpaired) electrons. The Morgan fingerprint density at radius 2 is 1.84 bits per heavy atom. The number of benzene rings is 1. The van der Waals surface area contributed by atoms with Gasteiger partial charge in [0.05, 0.1) is 26.7 Å². The van der Waals surface area contributed by atoms with E-state index in [1.165, 1.54) is 0 Å². The second-order valence-electron chi connectivity index (χ2n) is 4.38. The first-order chi connectivity index (χ1) is 11.5. The molecule has 0 N–H and O–H groups in total. The van der Waals surface area contributed by atoms with Crippen molar-refractivity contribution in [3.8, 4) is 0 Å². The lowest BCUT2D eigenvalue weighted by atomic mass is 10.3. The van der Waals surface area contributed by atoms with Gasteiger partial charge in [0.1, 0.15) is 10.6 Å². The van der Waals surface area contributed by atoms with Crippen molar-refractivity contribution in [1.29, 1.82) is 0 Å². The van der Waals surface area contributed by atoms with Gasteiger partial charge in [0, 0.05) is 6.07 Å². The minimum atomic E-state index is -4.60. The van der Waals surface area contributed by atoms with E-state index in [0.29, 0.717) is 6.07 Å². The fourth-order valence-electron chi connectivity index (χ4n) is 1.42. The quantitative estimate of drug-likeness (QED) is 0.288. The molecule has 0 aliphatic heterocycles. The van der Waals surface area contributed by atoms with Crippen LogP contribution in [0, 0.1) is 20.2 Å². The number of alkyl halides is 4. The molecule has 1 aromatic carbocycles. The van der Waals surface area contributed by atoms with Gasteiger partial charge in [-0.05, 0) is 6.07 Å². The van der Waals surface area contributed by atoms with Gasteiger partial charge in [-0.15, -0.1) is 0 Å². The van der Waals surface area contributed by atoms with Crippen LogP contribution in [0.1, 0.15) is 0 Å². The van der Waals surface area contributed by atoms with Crippen molar-refractivity contribution in [3.05, 3.63) is 38.4 Å². The number of carbonyl (C=O) groups is 1. The predicted molar refractivity (Wildman–Crippen MR) is 72.9 cm³/mol. The monoisotopic (exact) mass is 388 g/mol. The summed E-state index contributed by atoms with van der Waals surface area (Å²) in [5.41, 5.74) is -1.61. The molecule has 0 saturated heterocycles. The maximum atomic E-state index is 12.6. The average molecular weight is 388 g/mol. The molecule has 0 spiro atoms. The van der Waals surface area contributed by atoms with Crippen LogP contribution in [0.15, 0.2) is 23.1 Å². The maximum Gasteiger partial charge on any atom is 0.340 e. The third-order valence-electron chi connectivity index (χ3n) is 2.59. The van der Waals surface area contributed by atoms with E-state index in [1.54, 1.807) is 0 Å². The van der Waals surface area contributed by atoms with Gasteiger partial charge in [-0.1, -0.05) is 0 Å². The SMILES string of the molecule is O=C(CS(=O)c1ccc([N+](=O)[O-])cc1[N+](=O)[O-])OCC(F)(F)C(F)F. The Kier molecular flexibility index (Phi) is 6.49. The van der Waals surface area contributed by atoms with Crippen molar-refractivity contribution in [1.82, 2.24) is 0 Å². The standard InChI is InChI=1S/C11H8F4N2O7S/c12-10(13)11(14,15)5-24-9(18)4-25(23)8-2-1-6(16(19)20)3-7(8)17(21)22/h1-3,10H,4-5H2. The van der Waals surface area contributed by atoms with Gasteiger partial charge >= 0.3 is 18.3 Å². The molecular formula is C11H8F4N2O7S. The number of halogens is 4. The number of non-ortho nitro benzene ring substituents is 1. The summed E-state index contributed by atoms with van der Waals surface area (Å²) in [4.78, 5) is 30.1. The molecule has 1 rings (SSSR count). The summed E-state index contributed by atoms with van der Waals surface area (Å²) in [6.07, 6.45) is -4.08. The first kappa shape index (κ1) is 20.4. The smallest absolute Gasteiger partial charge is 0.340 e. The molecule has 0 fully saturated rings. The van der Waals surface area contributed by atoms with E-state index in [0.717, 1.165) is 12.1 Å². The fourth-order valence-corrected chi connectivity index (χ4v) is 2.46. The highest BCUT2D eigenvalue weighted by molar-refractivity contribution is 7.85. The van der Waals surface area contributed by atoms with Gasteiger partial charge in [-0.25, -0.2) is 8.78 Å². The Hall–Kier alpha value is -2.64. The van der Waals surface area contributed by atoms with Crippen LogP contribution in [0.3, 0.4) is 0 Å². The molecule has 0 saturated carbocycles. The highest BCUT2D eigenvalue weighted by Crippen LogP contribution is 2.28. The van der Waals surface area contributed by atoms with E-state index in [2.05, 4.69) is 4.74 Å². The molecular weight excluding hydrogens is 380 g/mol. The van der Waals surface area contributed by atoms with Crippen LogP contribution in [0.4, 0.5) is 28.9 Å². The number of ether oxygens (including phenoxy) is 1. The van der Waals surface area contributed by atoms with Crippen LogP contribution in [0.25, 0.3) is 0 Å². The zero-order valence-electron chi connectivity index (χ0n) is 11.9. The van der Waals surface area contributed by atoms with E-state index in [-0.39, 0.29) is 0 Å². The topological polar surface area (TPSA) is 130 Å². The minimum absolute atomic E-state index is 0.503. The van der Waals surface area contributed by atoms with Gasteiger partial charge < -0.3 is 4.74 Å². The normalized spacial score (nSPS) is 12.7. The molecule has 0 amide bonds. The molecule has 9 nitrogen and oxygen atoms in total. The first-order valence-electron chi connectivity index (χ1n) is 6.08. The molecule has 1 unspecified atom stereocenters. The van der Waals surface area contributed by atoms with Crippen LogP contribution in [-0.4, -0.2) is 44.7 Å². The van der Waals surface area contributed by atoms with E-state index in [1.807, 2.05) is 0 Å². The summed E-state index contributed by atoms with van der Waals surface area (Å²) in [6.45, 7) is -1.96. The third kappa shape index (κ3) is 5.44. The number of esters is 1. The summed E-state index contributed by atoms with van der Waals surface area (Å²) in [5.74, 6) is -7.31. The van der Waals surface area contributed by atoms with Crippen LogP contribution in [0.2, 0.25) is 0 Å². The lowest BCUT2D eigenvalue weighted by Gasteiger charge is -2.14. The van der Waals surface area contributed by atoms with Gasteiger partial charge in [-0.3, -0.25) is 29.2 Å². The molecule has 0 aromatic heterocycles. The molecule has 25 heavy (non-hydrogen) atoms. The Balaban J connectivity index is 2.88. The minimum Gasteiger partial charge on any atom is -0.458 e. The van der Waals surface area contributed by atoms with Crippen LogP contribution >= 0.6 is 0 Å². The molecule has 0 heterocycles. The number of rotatable bonds is 8. The van der Waals surface area contributed by atoms with Crippen molar-refractivity contribution < 1.29 is 41.1 Å². The molecule has 138 valence electrons. The first-order valence-corrected chi connectivity index (χ1v) is 7.40. The molecule has 0 aliphatic rings. The van der Waals surface area contributed by atoms with Crippen LogP contribution in [-0.2, 0) is 20.3 Å². The van der Waals surface area contributed by atoms with Crippen LogP contribution in [0.5, 0.6) is 0 Å². The average Bonchev–Trinajstić information content (AvgIpc) is 2.52. The lowest BCUT2D eigenvalue weighted by molar-refractivity contribution is -0.396. The molecule has 0 bridgehead atoms. The predicted octanol–water partition coefficient (Wildman–Crippen LogP) is 2.05. The molecule has 1 atom stereocenters. The largest absolute Gasteiger partial charge is 0.458 e. The zero-order valence-corrected chi connectivity index (χ0v) is 12.7. The Morgan fingerprint density at radius 3 is 2.32 bits per heavy atom. The van der Waals surface area contributed by atoms with Crippen molar-refractivity contribution >= 4 is 28.1 Å². The van der Waals surface area contributed by atoms with E-state index >= 15 is 0 Å². The summed E-state index contributed by atoms with van der Waals surface area (Å²) in [7, 11) is -2.48.